The zero-order valence-electron chi connectivity index (χ0n) is 9.41. The Bertz CT molecular complexity index is 384. The topological polar surface area (TPSA) is 42.4 Å². The summed E-state index contributed by atoms with van der Waals surface area (Å²) in [6.07, 6.45) is -5.16. The summed E-state index contributed by atoms with van der Waals surface area (Å²) >= 11 is 0.706. The van der Waals surface area contributed by atoms with Crippen LogP contribution in [0.2, 0.25) is 0 Å². The molecule has 1 aromatic rings. The van der Waals surface area contributed by atoms with Crippen molar-refractivity contribution in [3.63, 3.8) is 0 Å². The number of anilines is 1. The van der Waals surface area contributed by atoms with Gasteiger partial charge in [0.2, 0.25) is 5.13 Å². The van der Waals surface area contributed by atoms with Gasteiger partial charge in [-0.05, 0) is 20.8 Å². The first kappa shape index (κ1) is 13.8. The molecule has 0 N–H and O–H groups in total. The van der Waals surface area contributed by atoms with Crippen molar-refractivity contribution in [2.45, 2.75) is 32.7 Å². The summed E-state index contributed by atoms with van der Waals surface area (Å²) in [5, 5.41) is 0.880. The van der Waals surface area contributed by atoms with Gasteiger partial charge >= 0.3 is 12.4 Å². The van der Waals surface area contributed by atoms with E-state index >= 15 is 0 Å². The van der Waals surface area contributed by atoms with Crippen LogP contribution in [0.5, 0.6) is 0 Å². The summed E-state index contributed by atoms with van der Waals surface area (Å²) in [5.74, 6) is 0. The number of rotatable bonds is 1. The van der Waals surface area contributed by atoms with Crippen molar-refractivity contribution in [3.05, 3.63) is 11.6 Å². The number of amides is 1. The molecule has 0 unspecified atom stereocenters. The molecule has 0 spiro atoms. The fourth-order valence-corrected chi connectivity index (χ4v) is 1.57. The van der Waals surface area contributed by atoms with Crippen LogP contribution < -0.4 is 4.90 Å². The van der Waals surface area contributed by atoms with Crippen LogP contribution in [0.1, 0.15) is 20.8 Å². The van der Waals surface area contributed by atoms with Crippen molar-refractivity contribution in [2.75, 3.05) is 4.90 Å². The van der Waals surface area contributed by atoms with Gasteiger partial charge in [-0.25, -0.2) is 9.78 Å². The lowest BCUT2D eigenvalue weighted by molar-refractivity contribution is -0.127. The average Bonchev–Trinajstić information content (AvgIpc) is 2.49. The minimum atomic E-state index is -4.86. The van der Waals surface area contributed by atoms with E-state index in [1.165, 1.54) is 32.3 Å². The summed E-state index contributed by atoms with van der Waals surface area (Å²) in [6.45, 7) is 4.46. The second kappa shape index (κ2) is 4.52. The Morgan fingerprint density at radius 3 is 2.35 bits per heavy atom. The molecular formula is C9H11F3N2O2S. The molecule has 17 heavy (non-hydrogen) atoms. The monoisotopic (exact) mass is 268 g/mol. The normalized spacial score (nSPS) is 12.4. The molecule has 0 atom stereocenters. The van der Waals surface area contributed by atoms with E-state index < -0.39 is 28.0 Å². The molecule has 1 heterocycles. The first-order valence-corrected chi connectivity index (χ1v) is 5.48. The predicted molar refractivity (Wildman–Crippen MR) is 56.9 cm³/mol. The molecule has 0 radical (unpaired) electrons. The lowest BCUT2D eigenvalue weighted by atomic mass is 10.2. The minimum Gasteiger partial charge on any atom is -0.443 e. The van der Waals surface area contributed by atoms with Crippen LogP contribution in [0.4, 0.5) is 23.1 Å². The first-order valence-electron chi connectivity index (χ1n) is 4.61. The maximum absolute atomic E-state index is 12.7. The van der Waals surface area contributed by atoms with Crippen LogP contribution >= 0.6 is 11.3 Å². The Hall–Kier alpha value is -1.31. The molecular weight excluding hydrogens is 257 g/mol. The van der Waals surface area contributed by atoms with Gasteiger partial charge in [0.05, 0.1) is 0 Å². The van der Waals surface area contributed by atoms with Crippen molar-refractivity contribution >= 4 is 22.6 Å². The number of nitrogens with zero attached hydrogens (tertiary/aromatic N) is 2. The molecule has 1 amide bonds. The number of carbonyl (C=O) groups excluding carboxylic acids is 1. The molecule has 0 fully saturated rings. The minimum absolute atomic E-state index is 0.414. The van der Waals surface area contributed by atoms with Crippen LogP contribution in [0.25, 0.3) is 0 Å². The van der Waals surface area contributed by atoms with Crippen molar-refractivity contribution in [1.29, 1.82) is 0 Å². The number of aromatic nitrogens is 1. The number of hydrogen-bond donors (Lipinski definition) is 0. The van der Waals surface area contributed by atoms with E-state index in [0.717, 1.165) is 0 Å². The number of ether oxygens (including phenoxy) is 1. The van der Waals surface area contributed by atoms with Gasteiger partial charge < -0.3 is 4.74 Å². The second-order valence-corrected chi connectivity index (χ2v) is 4.97. The Labute approximate surface area is 100 Å². The van der Waals surface area contributed by atoms with Gasteiger partial charge in [0, 0.05) is 11.6 Å². The standard InChI is InChI=1S/C9H11F3N2O2S/c1-8(2,3)16-7(15)14(9(10,11)12)6-13-4-5-17-6/h4-5H,1-3H3. The molecule has 96 valence electrons. The van der Waals surface area contributed by atoms with Gasteiger partial charge in [0.25, 0.3) is 0 Å². The van der Waals surface area contributed by atoms with Crippen LogP contribution in [-0.4, -0.2) is 23.0 Å². The molecule has 8 heteroatoms. The van der Waals surface area contributed by atoms with Crippen molar-refractivity contribution in [3.8, 4) is 0 Å². The lowest BCUT2D eigenvalue weighted by Gasteiger charge is -2.26. The molecule has 0 bridgehead atoms. The zero-order chi connectivity index (χ0) is 13.3. The van der Waals surface area contributed by atoms with E-state index in [1.54, 1.807) is 0 Å². The Balaban J connectivity index is 2.97. The summed E-state index contributed by atoms with van der Waals surface area (Å²) in [4.78, 5) is 14.5. The third-order valence-corrected chi connectivity index (χ3v) is 2.20. The maximum Gasteiger partial charge on any atom is 0.496 e. The van der Waals surface area contributed by atoms with Gasteiger partial charge in [-0.15, -0.1) is 24.5 Å². The van der Waals surface area contributed by atoms with E-state index in [2.05, 4.69) is 9.72 Å². The van der Waals surface area contributed by atoms with E-state index in [0.29, 0.717) is 11.3 Å². The first-order chi connectivity index (χ1) is 7.61. The van der Waals surface area contributed by atoms with E-state index in [1.807, 2.05) is 0 Å². The van der Waals surface area contributed by atoms with Crippen molar-refractivity contribution in [1.82, 2.24) is 4.98 Å². The van der Waals surface area contributed by atoms with Gasteiger partial charge in [0.1, 0.15) is 5.60 Å². The molecule has 1 rings (SSSR count). The van der Waals surface area contributed by atoms with Crippen molar-refractivity contribution < 1.29 is 22.7 Å². The largest absolute Gasteiger partial charge is 0.496 e. The predicted octanol–water partition coefficient (Wildman–Crippen LogP) is 3.40. The molecule has 0 aromatic carbocycles. The fourth-order valence-electron chi connectivity index (χ4n) is 0.924. The molecule has 0 aliphatic heterocycles. The molecule has 0 saturated heterocycles. The van der Waals surface area contributed by atoms with Crippen LogP contribution in [0.15, 0.2) is 11.6 Å². The summed E-state index contributed by atoms with van der Waals surface area (Å²) in [5.41, 5.74) is -1.00. The highest BCUT2D eigenvalue weighted by Crippen LogP contribution is 2.31. The quantitative estimate of drug-likeness (QED) is 0.733. The number of thiazole rings is 1. The smallest absolute Gasteiger partial charge is 0.443 e. The molecule has 1 aromatic heterocycles. The van der Waals surface area contributed by atoms with Gasteiger partial charge in [-0.3, -0.25) is 0 Å². The SMILES string of the molecule is CC(C)(C)OC(=O)N(c1nccs1)C(F)(F)F. The highest BCUT2D eigenvalue weighted by molar-refractivity contribution is 7.13. The Kier molecular flexibility index (Phi) is 3.65. The van der Waals surface area contributed by atoms with E-state index in [9.17, 15) is 18.0 Å². The van der Waals surface area contributed by atoms with Gasteiger partial charge in [-0.2, -0.15) is 4.90 Å². The summed E-state index contributed by atoms with van der Waals surface area (Å²) in [6, 6.07) is 0. The van der Waals surface area contributed by atoms with Crippen LogP contribution in [0.3, 0.4) is 0 Å². The number of hydrogen-bond acceptors (Lipinski definition) is 4. The highest BCUT2D eigenvalue weighted by Gasteiger charge is 2.46. The summed E-state index contributed by atoms with van der Waals surface area (Å²) < 4.78 is 42.8. The number of carbonyl (C=O) groups is 1. The lowest BCUT2D eigenvalue weighted by Crippen LogP contribution is -2.45. The fraction of sp³-hybridized carbons (Fsp3) is 0.556. The third kappa shape index (κ3) is 3.88. The van der Waals surface area contributed by atoms with E-state index in [-0.39, 0.29) is 0 Å². The molecule has 4 nitrogen and oxygen atoms in total. The highest BCUT2D eigenvalue weighted by atomic mass is 32.1. The number of alkyl halides is 3. The zero-order valence-corrected chi connectivity index (χ0v) is 10.2. The average molecular weight is 268 g/mol. The summed E-state index contributed by atoms with van der Waals surface area (Å²) in [7, 11) is 0. The van der Waals surface area contributed by atoms with Crippen LogP contribution in [0, 0.1) is 0 Å². The third-order valence-electron chi connectivity index (χ3n) is 1.44. The van der Waals surface area contributed by atoms with Gasteiger partial charge in [-0.1, -0.05) is 0 Å². The van der Waals surface area contributed by atoms with Crippen molar-refractivity contribution in [2.24, 2.45) is 0 Å². The van der Waals surface area contributed by atoms with Gasteiger partial charge in [0.15, 0.2) is 0 Å². The molecule has 0 aliphatic rings. The maximum atomic E-state index is 12.7. The molecule has 0 aliphatic carbocycles. The number of halogens is 3. The van der Waals surface area contributed by atoms with E-state index in [4.69, 9.17) is 0 Å². The Morgan fingerprint density at radius 2 is 2.00 bits per heavy atom. The molecule has 0 saturated carbocycles. The Morgan fingerprint density at radius 1 is 1.41 bits per heavy atom. The van der Waals surface area contributed by atoms with Crippen LogP contribution in [-0.2, 0) is 4.74 Å². The second-order valence-electron chi connectivity index (χ2n) is 4.10.